The molecule has 0 fully saturated rings. The Bertz CT molecular complexity index is 3690. The van der Waals surface area contributed by atoms with E-state index in [-0.39, 0.29) is 0 Å². The molecule has 0 bridgehead atoms. The minimum atomic E-state index is 1.12. The first-order valence-electron chi connectivity index (χ1n) is 21.0. The summed E-state index contributed by atoms with van der Waals surface area (Å²) in [7, 11) is 0. The standard InChI is InChI=1S/C58H37N3/c1-4-14-41(15-5-1)59(42-16-6-2-7-17-42)44-29-26-38(27-30-44)46-32-28-39-24-25-40-36-55-58(51-35-34-49(46)56(39)57(40)51)50-33-31-45(37-54(50)60(55)43-18-8-3-9-19-43)61-52-22-12-10-20-47(52)48-21-11-13-23-53(48)61/h1-37H. The number of hydrogen-bond acceptors (Lipinski definition) is 1. The minimum Gasteiger partial charge on any atom is -0.311 e. The number of fused-ring (bicyclic) bond motifs is 7. The van der Waals surface area contributed by atoms with E-state index in [0.717, 1.165) is 28.4 Å². The minimum absolute atomic E-state index is 1.12. The topological polar surface area (TPSA) is 13.1 Å². The smallest absolute Gasteiger partial charge is 0.0562 e. The van der Waals surface area contributed by atoms with Crippen LogP contribution in [0.1, 0.15) is 0 Å². The Hall–Kier alpha value is -8.14. The maximum atomic E-state index is 2.47. The monoisotopic (exact) mass is 775 g/mol. The van der Waals surface area contributed by atoms with E-state index >= 15 is 0 Å². The zero-order valence-electron chi connectivity index (χ0n) is 33.2. The molecular weight excluding hydrogens is 739 g/mol. The zero-order chi connectivity index (χ0) is 40.0. The van der Waals surface area contributed by atoms with Crippen molar-refractivity contribution in [2.75, 3.05) is 4.90 Å². The van der Waals surface area contributed by atoms with Crippen LogP contribution in [0.3, 0.4) is 0 Å². The van der Waals surface area contributed by atoms with Crippen molar-refractivity contribution >= 4 is 93.0 Å². The van der Waals surface area contributed by atoms with Crippen LogP contribution in [0.4, 0.5) is 17.1 Å². The summed E-state index contributed by atoms with van der Waals surface area (Å²) < 4.78 is 4.89. The van der Waals surface area contributed by atoms with Crippen LogP contribution in [0.15, 0.2) is 224 Å². The van der Waals surface area contributed by atoms with Crippen molar-refractivity contribution in [3.8, 4) is 22.5 Å². The first-order chi connectivity index (χ1) is 30.3. The Morgan fingerprint density at radius 3 is 1.49 bits per heavy atom. The molecule has 2 heterocycles. The third kappa shape index (κ3) is 5.04. The van der Waals surface area contributed by atoms with Gasteiger partial charge in [-0.05, 0) is 122 Å². The normalized spacial score (nSPS) is 11.9. The highest BCUT2D eigenvalue weighted by Crippen LogP contribution is 2.46. The molecule has 3 heteroatoms. The third-order valence-corrected chi connectivity index (χ3v) is 12.8. The largest absolute Gasteiger partial charge is 0.311 e. The second-order valence-corrected chi connectivity index (χ2v) is 16.1. The van der Waals surface area contributed by atoms with Gasteiger partial charge >= 0.3 is 0 Å². The summed E-state index contributed by atoms with van der Waals surface area (Å²) in [5.41, 5.74) is 13.0. The highest BCUT2D eigenvalue weighted by atomic mass is 15.1. The van der Waals surface area contributed by atoms with Crippen LogP contribution in [0, 0.1) is 0 Å². The van der Waals surface area contributed by atoms with Gasteiger partial charge in [0.15, 0.2) is 0 Å². The molecule has 11 aromatic carbocycles. The molecule has 13 rings (SSSR count). The summed E-state index contributed by atoms with van der Waals surface area (Å²) in [6.45, 7) is 0. The Morgan fingerprint density at radius 1 is 0.279 bits per heavy atom. The summed E-state index contributed by atoms with van der Waals surface area (Å²) >= 11 is 0. The molecule has 0 spiro atoms. The molecule has 3 nitrogen and oxygen atoms in total. The Labute approximate surface area is 352 Å². The lowest BCUT2D eigenvalue weighted by Crippen LogP contribution is -2.09. The van der Waals surface area contributed by atoms with Gasteiger partial charge < -0.3 is 14.0 Å². The lowest BCUT2D eigenvalue weighted by molar-refractivity contribution is 1.16. The molecule has 0 saturated carbocycles. The molecule has 0 unspecified atom stereocenters. The van der Waals surface area contributed by atoms with Gasteiger partial charge in [-0.3, -0.25) is 0 Å². The molecule has 0 atom stereocenters. The van der Waals surface area contributed by atoms with Gasteiger partial charge in [-0.1, -0.05) is 146 Å². The summed E-state index contributed by atoms with van der Waals surface area (Å²) in [4.78, 5) is 2.32. The number of aromatic nitrogens is 2. The van der Waals surface area contributed by atoms with Crippen molar-refractivity contribution in [3.05, 3.63) is 224 Å². The molecule has 2 aromatic heterocycles. The average Bonchev–Trinajstić information content (AvgIpc) is 3.84. The van der Waals surface area contributed by atoms with Crippen LogP contribution in [-0.4, -0.2) is 9.13 Å². The van der Waals surface area contributed by atoms with Crippen molar-refractivity contribution < 1.29 is 0 Å². The molecule has 0 aliphatic rings. The first kappa shape index (κ1) is 33.8. The Kier molecular flexibility index (Phi) is 7.31. The van der Waals surface area contributed by atoms with Crippen molar-refractivity contribution in [1.29, 1.82) is 0 Å². The number of nitrogens with zero attached hydrogens (tertiary/aromatic N) is 3. The fourth-order valence-electron chi connectivity index (χ4n) is 10.2. The van der Waals surface area contributed by atoms with Gasteiger partial charge in [-0.2, -0.15) is 0 Å². The Morgan fingerprint density at radius 2 is 0.803 bits per heavy atom. The van der Waals surface area contributed by atoms with E-state index in [1.165, 1.54) is 87.1 Å². The van der Waals surface area contributed by atoms with Crippen LogP contribution < -0.4 is 4.90 Å². The summed E-state index contributed by atoms with van der Waals surface area (Å²) in [5, 5.41) is 12.8. The molecule has 0 aliphatic heterocycles. The molecule has 284 valence electrons. The van der Waals surface area contributed by atoms with E-state index in [1.54, 1.807) is 0 Å². The van der Waals surface area contributed by atoms with Gasteiger partial charge in [-0.25, -0.2) is 0 Å². The van der Waals surface area contributed by atoms with E-state index in [0.29, 0.717) is 0 Å². The van der Waals surface area contributed by atoms with Crippen LogP contribution >= 0.6 is 0 Å². The zero-order valence-corrected chi connectivity index (χ0v) is 33.2. The van der Waals surface area contributed by atoms with Crippen LogP contribution in [-0.2, 0) is 0 Å². The summed E-state index contributed by atoms with van der Waals surface area (Å²) in [6, 6.07) is 82.1. The second-order valence-electron chi connectivity index (χ2n) is 16.1. The fraction of sp³-hybridized carbons (Fsp3) is 0. The van der Waals surface area contributed by atoms with Gasteiger partial charge in [-0.15, -0.1) is 0 Å². The number of para-hydroxylation sites is 5. The molecule has 0 amide bonds. The molecule has 0 aliphatic carbocycles. The van der Waals surface area contributed by atoms with Crippen LogP contribution in [0.2, 0.25) is 0 Å². The van der Waals surface area contributed by atoms with E-state index < -0.39 is 0 Å². The molecule has 0 radical (unpaired) electrons. The molecule has 0 N–H and O–H groups in total. The molecule has 61 heavy (non-hydrogen) atoms. The summed E-state index contributed by atoms with van der Waals surface area (Å²) in [6.07, 6.45) is 0. The SMILES string of the molecule is c1ccc(N(c2ccccc2)c2ccc(-c3ccc4ccc5cc6c(c7ccc3c4c57)c3ccc(-n4c5ccccc5c5ccccc54)cc3n6-c3ccccc3)cc2)cc1. The fourth-order valence-corrected chi connectivity index (χ4v) is 10.2. The van der Waals surface area contributed by atoms with E-state index in [9.17, 15) is 0 Å². The van der Waals surface area contributed by atoms with E-state index in [4.69, 9.17) is 0 Å². The highest BCUT2D eigenvalue weighted by molar-refractivity contribution is 6.34. The van der Waals surface area contributed by atoms with Crippen molar-refractivity contribution in [1.82, 2.24) is 9.13 Å². The lowest BCUT2D eigenvalue weighted by Gasteiger charge is -2.25. The quantitative estimate of drug-likeness (QED) is 0.153. The number of anilines is 3. The second kappa shape index (κ2) is 13.2. The molecule has 0 saturated heterocycles. The average molecular weight is 776 g/mol. The first-order valence-corrected chi connectivity index (χ1v) is 21.0. The van der Waals surface area contributed by atoms with E-state index in [1.807, 2.05) is 0 Å². The molecule has 13 aromatic rings. The predicted octanol–water partition coefficient (Wildman–Crippen LogP) is 15.9. The van der Waals surface area contributed by atoms with Crippen LogP contribution in [0.5, 0.6) is 0 Å². The van der Waals surface area contributed by atoms with Gasteiger partial charge in [0.05, 0.1) is 22.1 Å². The van der Waals surface area contributed by atoms with Crippen molar-refractivity contribution in [3.63, 3.8) is 0 Å². The van der Waals surface area contributed by atoms with Crippen LogP contribution in [0.25, 0.3) is 98.4 Å². The Balaban J connectivity index is 1.02. The molecular formula is C58H37N3. The van der Waals surface area contributed by atoms with Gasteiger partial charge in [0.25, 0.3) is 0 Å². The van der Waals surface area contributed by atoms with Gasteiger partial charge in [0.2, 0.25) is 0 Å². The maximum absolute atomic E-state index is 2.47. The van der Waals surface area contributed by atoms with Gasteiger partial charge in [0, 0.05) is 50.0 Å². The lowest BCUT2D eigenvalue weighted by atomic mass is 9.88. The number of rotatable bonds is 6. The maximum Gasteiger partial charge on any atom is 0.0562 e. The van der Waals surface area contributed by atoms with Crippen molar-refractivity contribution in [2.45, 2.75) is 0 Å². The van der Waals surface area contributed by atoms with Crippen molar-refractivity contribution in [2.24, 2.45) is 0 Å². The highest BCUT2D eigenvalue weighted by Gasteiger charge is 2.22. The predicted molar refractivity (Wildman–Crippen MR) is 259 cm³/mol. The number of hydrogen-bond donors (Lipinski definition) is 0. The number of benzene rings is 11. The third-order valence-electron chi connectivity index (χ3n) is 12.8. The van der Waals surface area contributed by atoms with E-state index in [2.05, 4.69) is 238 Å². The van der Waals surface area contributed by atoms with Gasteiger partial charge in [0.1, 0.15) is 0 Å². The summed E-state index contributed by atoms with van der Waals surface area (Å²) in [5.74, 6) is 0.